The molecule has 0 bridgehead atoms. The molecule has 3 nitrogen and oxygen atoms in total. The van der Waals surface area contributed by atoms with Crippen molar-refractivity contribution in [3.8, 4) is 0 Å². The summed E-state index contributed by atoms with van der Waals surface area (Å²) in [7, 11) is -2.79. The highest BCUT2D eigenvalue weighted by Crippen LogP contribution is 2.24. The van der Waals surface area contributed by atoms with E-state index < -0.39 is 9.84 Å². The van der Waals surface area contributed by atoms with Gasteiger partial charge in [0.25, 0.3) is 0 Å². The lowest BCUT2D eigenvalue weighted by atomic mass is 9.97. The molecule has 0 aliphatic carbocycles. The highest BCUT2D eigenvalue weighted by Gasteiger charge is 2.29. The van der Waals surface area contributed by atoms with Gasteiger partial charge in [-0.15, -0.1) is 0 Å². The molecular weight excluding hydrogens is 260 g/mol. The molecule has 0 aromatic carbocycles. The second-order valence-electron chi connectivity index (χ2n) is 6.07. The molecule has 2 unspecified atom stereocenters. The molecule has 19 heavy (non-hydrogen) atoms. The van der Waals surface area contributed by atoms with E-state index in [4.69, 9.17) is 0 Å². The van der Waals surface area contributed by atoms with Crippen LogP contribution in [0.15, 0.2) is 0 Å². The molecule has 0 aromatic heterocycles. The summed E-state index contributed by atoms with van der Waals surface area (Å²) in [6.07, 6.45) is 10.8. The van der Waals surface area contributed by atoms with E-state index in [2.05, 4.69) is 6.92 Å². The standard InChI is InChI=1S/C15H30O3S/c1-2-3-4-5-6-7-8-9-15(16)12-14-10-11-19(17,18)13-14/h14-16H,2-13H2,1H3. The highest BCUT2D eigenvalue weighted by molar-refractivity contribution is 7.91. The summed E-state index contributed by atoms with van der Waals surface area (Å²) in [5.41, 5.74) is 0. The lowest BCUT2D eigenvalue weighted by Crippen LogP contribution is -2.14. The SMILES string of the molecule is CCCCCCCCCC(O)CC1CCS(=O)(=O)C1. The number of aliphatic hydroxyl groups is 1. The Hall–Kier alpha value is -0.0900. The molecule has 1 saturated heterocycles. The largest absolute Gasteiger partial charge is 0.393 e. The zero-order chi connectivity index (χ0) is 14.1. The van der Waals surface area contributed by atoms with Gasteiger partial charge in [0, 0.05) is 0 Å². The van der Waals surface area contributed by atoms with Gasteiger partial charge in [-0.25, -0.2) is 8.42 Å². The predicted molar refractivity (Wildman–Crippen MR) is 80.0 cm³/mol. The maximum Gasteiger partial charge on any atom is 0.150 e. The topological polar surface area (TPSA) is 54.4 Å². The molecule has 2 atom stereocenters. The van der Waals surface area contributed by atoms with Crippen LogP contribution >= 0.6 is 0 Å². The third-order valence-corrected chi connectivity index (χ3v) is 5.91. The first-order valence-electron chi connectivity index (χ1n) is 7.92. The molecule has 1 aliphatic heterocycles. The molecule has 0 radical (unpaired) electrons. The van der Waals surface area contributed by atoms with Gasteiger partial charge in [-0.1, -0.05) is 51.9 Å². The molecule has 0 amide bonds. The van der Waals surface area contributed by atoms with E-state index in [1.165, 1.54) is 38.5 Å². The quantitative estimate of drug-likeness (QED) is 0.628. The fourth-order valence-corrected chi connectivity index (χ4v) is 4.78. The molecule has 1 N–H and O–H groups in total. The Morgan fingerprint density at radius 2 is 1.74 bits per heavy atom. The van der Waals surface area contributed by atoms with Crippen LogP contribution in [0.1, 0.15) is 71.1 Å². The molecule has 1 rings (SSSR count). The summed E-state index contributed by atoms with van der Waals surface area (Å²) in [6.45, 7) is 2.22. The van der Waals surface area contributed by atoms with Crippen LogP contribution in [0.4, 0.5) is 0 Å². The van der Waals surface area contributed by atoms with E-state index >= 15 is 0 Å². The maximum absolute atomic E-state index is 11.3. The van der Waals surface area contributed by atoms with Crippen molar-refractivity contribution >= 4 is 9.84 Å². The summed E-state index contributed by atoms with van der Waals surface area (Å²) in [6, 6.07) is 0. The number of hydrogen-bond donors (Lipinski definition) is 1. The summed E-state index contributed by atoms with van der Waals surface area (Å²) < 4.78 is 22.7. The summed E-state index contributed by atoms with van der Waals surface area (Å²) in [5.74, 6) is 0.813. The van der Waals surface area contributed by atoms with E-state index in [0.29, 0.717) is 17.9 Å². The van der Waals surface area contributed by atoms with Gasteiger partial charge >= 0.3 is 0 Å². The van der Waals surface area contributed by atoms with Gasteiger partial charge in [0.1, 0.15) is 0 Å². The van der Waals surface area contributed by atoms with Crippen LogP contribution in [-0.2, 0) is 9.84 Å². The number of aliphatic hydroxyl groups excluding tert-OH is 1. The zero-order valence-corrected chi connectivity index (χ0v) is 13.1. The Morgan fingerprint density at radius 3 is 2.32 bits per heavy atom. The van der Waals surface area contributed by atoms with E-state index in [1.807, 2.05) is 0 Å². The number of hydrogen-bond acceptors (Lipinski definition) is 3. The summed E-state index contributed by atoms with van der Waals surface area (Å²) >= 11 is 0. The fraction of sp³-hybridized carbons (Fsp3) is 1.00. The monoisotopic (exact) mass is 290 g/mol. The Kier molecular flexibility index (Phi) is 8.00. The molecule has 0 spiro atoms. The van der Waals surface area contributed by atoms with Crippen molar-refractivity contribution in [1.82, 2.24) is 0 Å². The minimum atomic E-state index is -2.79. The predicted octanol–water partition coefficient (Wildman–Crippen LogP) is 3.31. The number of unbranched alkanes of at least 4 members (excludes halogenated alkanes) is 6. The van der Waals surface area contributed by atoms with Gasteiger partial charge in [0.05, 0.1) is 17.6 Å². The van der Waals surface area contributed by atoms with Gasteiger partial charge in [-0.3, -0.25) is 0 Å². The van der Waals surface area contributed by atoms with E-state index in [9.17, 15) is 13.5 Å². The van der Waals surface area contributed by atoms with Gasteiger partial charge in [-0.05, 0) is 25.2 Å². The van der Waals surface area contributed by atoms with Gasteiger partial charge in [-0.2, -0.15) is 0 Å². The molecule has 1 fully saturated rings. The molecular formula is C15H30O3S. The Bertz CT molecular complexity index is 324. The van der Waals surface area contributed by atoms with Crippen molar-refractivity contribution in [2.75, 3.05) is 11.5 Å². The van der Waals surface area contributed by atoms with Gasteiger partial charge in [0.2, 0.25) is 0 Å². The van der Waals surface area contributed by atoms with Crippen molar-refractivity contribution in [2.24, 2.45) is 5.92 Å². The van der Waals surface area contributed by atoms with Crippen molar-refractivity contribution in [3.63, 3.8) is 0 Å². The smallest absolute Gasteiger partial charge is 0.150 e. The van der Waals surface area contributed by atoms with Crippen LogP contribution in [0.2, 0.25) is 0 Å². The van der Waals surface area contributed by atoms with Crippen molar-refractivity contribution in [1.29, 1.82) is 0 Å². The van der Waals surface area contributed by atoms with Crippen molar-refractivity contribution in [3.05, 3.63) is 0 Å². The lowest BCUT2D eigenvalue weighted by molar-refractivity contribution is 0.134. The fourth-order valence-electron chi connectivity index (χ4n) is 2.90. The molecule has 114 valence electrons. The number of rotatable bonds is 10. The average Bonchev–Trinajstić information content (AvgIpc) is 2.67. The molecule has 4 heteroatoms. The molecule has 0 aromatic rings. The summed E-state index contributed by atoms with van der Waals surface area (Å²) in [5, 5.41) is 9.93. The van der Waals surface area contributed by atoms with Crippen molar-refractivity contribution < 1.29 is 13.5 Å². The maximum atomic E-state index is 11.3. The third-order valence-electron chi connectivity index (χ3n) is 4.07. The minimum Gasteiger partial charge on any atom is -0.393 e. The van der Waals surface area contributed by atoms with Crippen LogP contribution in [0.5, 0.6) is 0 Å². The zero-order valence-electron chi connectivity index (χ0n) is 12.3. The molecule has 1 heterocycles. The van der Waals surface area contributed by atoms with Crippen LogP contribution in [0, 0.1) is 5.92 Å². The Labute approximate surface area is 118 Å². The second-order valence-corrected chi connectivity index (χ2v) is 8.30. The van der Waals surface area contributed by atoms with Crippen LogP contribution in [0.3, 0.4) is 0 Å². The molecule has 0 saturated carbocycles. The first-order chi connectivity index (χ1) is 9.03. The Balaban J connectivity index is 1.98. The first-order valence-corrected chi connectivity index (χ1v) is 9.74. The van der Waals surface area contributed by atoms with E-state index in [-0.39, 0.29) is 12.0 Å². The van der Waals surface area contributed by atoms with E-state index in [1.54, 1.807) is 0 Å². The van der Waals surface area contributed by atoms with Crippen LogP contribution in [-0.4, -0.2) is 31.1 Å². The normalized spacial score (nSPS) is 23.6. The summed E-state index contributed by atoms with van der Waals surface area (Å²) in [4.78, 5) is 0. The van der Waals surface area contributed by atoms with Gasteiger partial charge < -0.3 is 5.11 Å². The lowest BCUT2D eigenvalue weighted by Gasteiger charge is -2.14. The number of sulfone groups is 1. The van der Waals surface area contributed by atoms with Crippen LogP contribution < -0.4 is 0 Å². The highest BCUT2D eigenvalue weighted by atomic mass is 32.2. The average molecular weight is 290 g/mol. The van der Waals surface area contributed by atoms with E-state index in [0.717, 1.165) is 19.3 Å². The van der Waals surface area contributed by atoms with Crippen molar-refractivity contribution in [2.45, 2.75) is 77.2 Å². The Morgan fingerprint density at radius 1 is 1.11 bits per heavy atom. The third kappa shape index (κ3) is 7.93. The second kappa shape index (κ2) is 8.96. The molecule has 1 aliphatic rings. The van der Waals surface area contributed by atoms with Gasteiger partial charge in [0.15, 0.2) is 9.84 Å². The first kappa shape index (κ1) is 17.0. The minimum absolute atomic E-state index is 0.199. The van der Waals surface area contributed by atoms with Crippen LogP contribution in [0.25, 0.3) is 0 Å².